The van der Waals surface area contributed by atoms with Crippen LogP contribution in [0.1, 0.15) is 6.92 Å². The highest BCUT2D eigenvalue weighted by Crippen LogP contribution is 2.35. The van der Waals surface area contributed by atoms with E-state index in [0.717, 1.165) is 5.69 Å². The predicted octanol–water partition coefficient (Wildman–Crippen LogP) is 0.887. The van der Waals surface area contributed by atoms with Crippen LogP contribution in [0.15, 0.2) is 29.2 Å². The van der Waals surface area contributed by atoms with E-state index in [-0.39, 0.29) is 6.04 Å². The number of hydrogen-bond donors (Lipinski definition) is 1. The number of fused-ring (bicyclic) bond motifs is 1. The Morgan fingerprint density at radius 2 is 2.00 bits per heavy atom. The second-order valence-electron chi connectivity index (χ2n) is 4.46. The predicted molar refractivity (Wildman–Crippen MR) is 69.2 cm³/mol. The van der Waals surface area contributed by atoms with Crippen molar-refractivity contribution < 1.29 is 8.42 Å². The quantitative estimate of drug-likeness (QED) is 0.851. The van der Waals surface area contributed by atoms with Gasteiger partial charge in [-0.15, -0.1) is 0 Å². The normalized spacial score (nSPS) is 26.6. The van der Waals surface area contributed by atoms with Crippen LogP contribution in [0.2, 0.25) is 0 Å². The van der Waals surface area contributed by atoms with Crippen molar-refractivity contribution in [1.82, 2.24) is 5.32 Å². The Morgan fingerprint density at radius 1 is 1.35 bits per heavy atom. The van der Waals surface area contributed by atoms with Crippen LogP contribution in [0.25, 0.3) is 0 Å². The van der Waals surface area contributed by atoms with Crippen LogP contribution in [0.5, 0.6) is 0 Å². The SMILES string of the molecule is CNCC1C(C)N(C)c2ccccc2S1(=O)=O. The van der Waals surface area contributed by atoms with Crippen molar-refractivity contribution >= 4 is 15.5 Å². The highest BCUT2D eigenvalue weighted by molar-refractivity contribution is 7.92. The van der Waals surface area contributed by atoms with Gasteiger partial charge in [0.1, 0.15) is 0 Å². The first-order valence-corrected chi connectivity index (χ1v) is 7.25. The fourth-order valence-electron chi connectivity index (χ4n) is 2.36. The van der Waals surface area contributed by atoms with Gasteiger partial charge in [-0.2, -0.15) is 0 Å². The molecule has 4 nitrogen and oxygen atoms in total. The molecule has 0 spiro atoms. The van der Waals surface area contributed by atoms with Gasteiger partial charge in [0.25, 0.3) is 0 Å². The summed E-state index contributed by atoms with van der Waals surface area (Å²) in [4.78, 5) is 2.49. The average Bonchev–Trinajstić information content (AvgIpc) is 2.32. The Balaban J connectivity index is 2.60. The van der Waals surface area contributed by atoms with Gasteiger partial charge in [0.05, 0.1) is 15.8 Å². The molecule has 94 valence electrons. The minimum atomic E-state index is -3.23. The van der Waals surface area contributed by atoms with Crippen molar-refractivity contribution in [3.8, 4) is 0 Å². The first-order valence-electron chi connectivity index (χ1n) is 5.70. The fourth-order valence-corrected chi connectivity index (χ4v) is 4.55. The Kier molecular flexibility index (Phi) is 3.14. The lowest BCUT2D eigenvalue weighted by Gasteiger charge is -2.39. The molecular formula is C12H18N2O2S. The van der Waals surface area contributed by atoms with Crippen molar-refractivity contribution in [2.75, 3.05) is 25.5 Å². The topological polar surface area (TPSA) is 49.4 Å². The molecule has 1 aromatic carbocycles. The molecule has 17 heavy (non-hydrogen) atoms. The van der Waals surface area contributed by atoms with Crippen LogP contribution < -0.4 is 10.2 Å². The first kappa shape index (κ1) is 12.4. The average molecular weight is 254 g/mol. The summed E-state index contributed by atoms with van der Waals surface area (Å²) in [5.41, 5.74) is 0.798. The summed E-state index contributed by atoms with van der Waals surface area (Å²) in [5.74, 6) is 0. The van der Waals surface area contributed by atoms with Gasteiger partial charge in [-0.1, -0.05) is 12.1 Å². The molecule has 0 saturated heterocycles. The molecule has 1 aromatic rings. The monoisotopic (exact) mass is 254 g/mol. The first-order chi connectivity index (χ1) is 8.00. The van der Waals surface area contributed by atoms with E-state index in [1.54, 1.807) is 19.2 Å². The van der Waals surface area contributed by atoms with Crippen molar-refractivity contribution in [3.05, 3.63) is 24.3 Å². The molecular weight excluding hydrogens is 236 g/mol. The zero-order chi connectivity index (χ0) is 12.6. The number of para-hydroxylation sites is 1. The van der Waals surface area contributed by atoms with Crippen LogP contribution in [-0.4, -0.2) is 40.3 Å². The molecule has 0 aromatic heterocycles. The van der Waals surface area contributed by atoms with Gasteiger partial charge >= 0.3 is 0 Å². The molecule has 1 aliphatic rings. The second kappa shape index (κ2) is 4.31. The van der Waals surface area contributed by atoms with E-state index in [0.29, 0.717) is 11.4 Å². The largest absolute Gasteiger partial charge is 0.369 e. The van der Waals surface area contributed by atoms with Crippen LogP contribution >= 0.6 is 0 Å². The molecule has 2 atom stereocenters. The summed E-state index contributed by atoms with van der Waals surface area (Å²) in [6.07, 6.45) is 0. The second-order valence-corrected chi connectivity index (χ2v) is 6.60. The number of benzene rings is 1. The van der Waals surface area contributed by atoms with Gasteiger partial charge in [-0.25, -0.2) is 8.42 Å². The van der Waals surface area contributed by atoms with Crippen molar-refractivity contribution in [1.29, 1.82) is 0 Å². The van der Waals surface area contributed by atoms with Crippen molar-refractivity contribution in [2.45, 2.75) is 23.1 Å². The maximum atomic E-state index is 12.5. The summed E-state index contributed by atoms with van der Waals surface area (Å²) in [6, 6.07) is 7.17. The highest BCUT2D eigenvalue weighted by Gasteiger charge is 2.40. The zero-order valence-corrected chi connectivity index (χ0v) is 11.2. The van der Waals surface area contributed by atoms with E-state index in [9.17, 15) is 8.42 Å². The van der Waals surface area contributed by atoms with E-state index in [4.69, 9.17) is 0 Å². The van der Waals surface area contributed by atoms with Crippen LogP contribution in [-0.2, 0) is 9.84 Å². The summed E-state index contributed by atoms with van der Waals surface area (Å²) >= 11 is 0. The lowest BCUT2D eigenvalue weighted by Crippen LogP contribution is -2.51. The number of rotatable bonds is 2. The van der Waals surface area contributed by atoms with Gasteiger partial charge < -0.3 is 10.2 Å². The Morgan fingerprint density at radius 3 is 2.65 bits per heavy atom. The highest BCUT2D eigenvalue weighted by atomic mass is 32.2. The van der Waals surface area contributed by atoms with Crippen LogP contribution in [0.4, 0.5) is 5.69 Å². The summed E-state index contributed by atoms with van der Waals surface area (Å²) in [6.45, 7) is 2.43. The Labute approximate surface area is 103 Å². The number of hydrogen-bond acceptors (Lipinski definition) is 4. The summed E-state index contributed by atoms with van der Waals surface area (Å²) < 4.78 is 25.0. The minimum absolute atomic E-state index is 0.0256. The molecule has 1 heterocycles. The number of nitrogens with one attached hydrogen (secondary N) is 1. The third kappa shape index (κ3) is 1.83. The molecule has 0 fully saturated rings. The lowest BCUT2D eigenvalue weighted by molar-refractivity contribution is 0.525. The molecule has 0 amide bonds. The van der Waals surface area contributed by atoms with Gasteiger partial charge in [0, 0.05) is 19.6 Å². The van der Waals surface area contributed by atoms with Gasteiger partial charge in [-0.3, -0.25) is 0 Å². The maximum absolute atomic E-state index is 12.5. The van der Waals surface area contributed by atoms with Crippen molar-refractivity contribution in [2.24, 2.45) is 0 Å². The van der Waals surface area contributed by atoms with Gasteiger partial charge in [-0.05, 0) is 26.1 Å². The van der Waals surface area contributed by atoms with Crippen molar-refractivity contribution in [3.63, 3.8) is 0 Å². The molecule has 2 unspecified atom stereocenters. The summed E-state index contributed by atoms with van der Waals surface area (Å²) in [5, 5.41) is 2.57. The van der Waals surface area contributed by atoms with E-state index in [2.05, 4.69) is 5.32 Å². The van der Waals surface area contributed by atoms with E-state index in [1.165, 1.54) is 0 Å². The van der Waals surface area contributed by atoms with E-state index < -0.39 is 15.1 Å². The minimum Gasteiger partial charge on any atom is -0.369 e. The van der Waals surface area contributed by atoms with Gasteiger partial charge in [0.2, 0.25) is 0 Å². The standard InChI is InChI=1S/C12H18N2O2S/c1-9-12(8-13-2)17(15,16)11-7-5-4-6-10(11)14(9)3/h4-7,9,12-13H,8H2,1-3H3. The number of nitrogens with zero attached hydrogens (tertiary/aromatic N) is 1. The lowest BCUT2D eigenvalue weighted by atomic mass is 10.1. The van der Waals surface area contributed by atoms with Gasteiger partial charge in [0.15, 0.2) is 9.84 Å². The molecule has 0 aliphatic carbocycles. The molecule has 0 bridgehead atoms. The Hall–Kier alpha value is -1.07. The van der Waals surface area contributed by atoms with E-state index >= 15 is 0 Å². The maximum Gasteiger partial charge on any atom is 0.186 e. The molecule has 5 heteroatoms. The molecule has 2 rings (SSSR count). The summed E-state index contributed by atoms with van der Waals surface area (Å²) in [7, 11) is 0.495. The molecule has 1 aliphatic heterocycles. The zero-order valence-electron chi connectivity index (χ0n) is 10.3. The molecule has 0 radical (unpaired) electrons. The Bertz CT molecular complexity index is 513. The van der Waals surface area contributed by atoms with E-state index in [1.807, 2.05) is 31.0 Å². The third-order valence-electron chi connectivity index (χ3n) is 3.50. The smallest absolute Gasteiger partial charge is 0.186 e. The molecule has 0 saturated carbocycles. The number of sulfone groups is 1. The van der Waals surface area contributed by atoms with Crippen LogP contribution in [0, 0.1) is 0 Å². The fraction of sp³-hybridized carbons (Fsp3) is 0.500. The number of anilines is 1. The van der Waals surface area contributed by atoms with Crippen LogP contribution in [0.3, 0.4) is 0 Å². The third-order valence-corrected chi connectivity index (χ3v) is 5.82. The molecule has 1 N–H and O–H groups in total.